The molecule has 0 aliphatic carbocycles. The van der Waals surface area contributed by atoms with E-state index in [1.807, 2.05) is 0 Å². The van der Waals surface area contributed by atoms with E-state index >= 15 is 0 Å². The summed E-state index contributed by atoms with van der Waals surface area (Å²) in [5.74, 6) is 0. The number of hydrogen-bond donors (Lipinski definition) is 0. The maximum atomic E-state index is 11.1. The number of unbranched alkanes of at least 4 members (excludes halogenated alkanes) is 4. The lowest BCUT2D eigenvalue weighted by molar-refractivity contribution is -0.144. The molecule has 0 aliphatic rings. The van der Waals surface area contributed by atoms with Gasteiger partial charge in [0.15, 0.2) is 6.29 Å². The highest BCUT2D eigenvalue weighted by atomic mass is 16.6. The molecule has 0 aromatic rings. The molecular weight excluding hydrogens is 164 g/mol. The van der Waals surface area contributed by atoms with Crippen molar-refractivity contribution in [2.45, 2.75) is 65.1 Å². The van der Waals surface area contributed by atoms with E-state index in [0.29, 0.717) is 13.0 Å². The van der Waals surface area contributed by atoms with E-state index in [0.717, 1.165) is 19.3 Å². The van der Waals surface area contributed by atoms with Crippen molar-refractivity contribution in [1.82, 2.24) is 0 Å². The van der Waals surface area contributed by atoms with Gasteiger partial charge in [-0.15, -0.1) is 0 Å². The second-order valence-corrected chi connectivity index (χ2v) is 3.50. The van der Waals surface area contributed by atoms with Gasteiger partial charge in [-0.1, -0.05) is 39.5 Å². The molecule has 0 saturated carbocycles. The first kappa shape index (κ1) is 12.9. The smallest absolute Gasteiger partial charge is 0.191 e. The van der Waals surface area contributed by atoms with Gasteiger partial charge in [0, 0.05) is 13.0 Å². The third kappa shape index (κ3) is 9.84. The fraction of sp³-hybridized carbons (Fsp3) is 1.00. The summed E-state index contributed by atoms with van der Waals surface area (Å²) in [6, 6.07) is 0. The highest BCUT2D eigenvalue weighted by molar-refractivity contribution is 4.44. The van der Waals surface area contributed by atoms with Crippen LogP contribution >= 0.6 is 0 Å². The first-order valence-corrected chi connectivity index (χ1v) is 5.58. The van der Waals surface area contributed by atoms with Crippen LogP contribution in [0.5, 0.6) is 0 Å². The Morgan fingerprint density at radius 3 is 2.23 bits per heavy atom. The predicted molar refractivity (Wildman–Crippen MR) is 54.1 cm³/mol. The Morgan fingerprint density at radius 1 is 1.00 bits per heavy atom. The van der Waals surface area contributed by atoms with E-state index in [4.69, 9.17) is 4.74 Å². The molecule has 79 valence electrons. The van der Waals surface area contributed by atoms with Crippen molar-refractivity contribution in [3.8, 4) is 0 Å². The molecular formula is C11H23O2. The lowest BCUT2D eigenvalue weighted by Gasteiger charge is -2.08. The molecule has 0 amide bonds. The van der Waals surface area contributed by atoms with Crippen molar-refractivity contribution in [1.29, 1.82) is 0 Å². The second kappa shape index (κ2) is 10.0. The summed E-state index contributed by atoms with van der Waals surface area (Å²) in [6.45, 7) is 4.94. The summed E-state index contributed by atoms with van der Waals surface area (Å²) in [4.78, 5) is 0. The summed E-state index contributed by atoms with van der Waals surface area (Å²) in [7, 11) is 0. The quantitative estimate of drug-likeness (QED) is 0.401. The van der Waals surface area contributed by atoms with Crippen LogP contribution in [0.25, 0.3) is 0 Å². The molecule has 1 atom stereocenters. The lowest BCUT2D eigenvalue weighted by Crippen LogP contribution is -2.10. The van der Waals surface area contributed by atoms with E-state index in [1.165, 1.54) is 19.3 Å². The average Bonchev–Trinajstić information content (AvgIpc) is 2.13. The van der Waals surface area contributed by atoms with Gasteiger partial charge in [0.2, 0.25) is 0 Å². The molecule has 0 aromatic carbocycles. The topological polar surface area (TPSA) is 29.1 Å². The standard InChI is InChI=1S/C11H23O2/c1-3-5-7-9-11(12)13-10-8-6-4-2/h11H,3-10H2,1-2H3. The van der Waals surface area contributed by atoms with Gasteiger partial charge >= 0.3 is 0 Å². The van der Waals surface area contributed by atoms with Gasteiger partial charge in [-0.25, -0.2) is 5.11 Å². The van der Waals surface area contributed by atoms with Crippen molar-refractivity contribution in [3.05, 3.63) is 0 Å². The molecule has 2 heteroatoms. The van der Waals surface area contributed by atoms with Crippen LogP contribution in [-0.2, 0) is 9.84 Å². The summed E-state index contributed by atoms with van der Waals surface area (Å²) in [5, 5.41) is 11.1. The van der Waals surface area contributed by atoms with Crippen LogP contribution in [0, 0.1) is 0 Å². The molecule has 13 heavy (non-hydrogen) atoms. The minimum atomic E-state index is -0.775. The van der Waals surface area contributed by atoms with Gasteiger partial charge in [0.1, 0.15) is 0 Å². The Hall–Kier alpha value is -0.0800. The maximum absolute atomic E-state index is 11.1. The van der Waals surface area contributed by atoms with Gasteiger partial charge in [-0.2, -0.15) is 0 Å². The van der Waals surface area contributed by atoms with Crippen LogP contribution in [0.3, 0.4) is 0 Å². The van der Waals surface area contributed by atoms with Crippen molar-refractivity contribution in [2.75, 3.05) is 6.61 Å². The molecule has 0 aromatic heterocycles. The summed E-state index contributed by atoms with van der Waals surface area (Å²) < 4.78 is 5.14. The minimum absolute atomic E-state index is 0.647. The average molecular weight is 187 g/mol. The molecule has 0 heterocycles. The van der Waals surface area contributed by atoms with Crippen molar-refractivity contribution in [3.63, 3.8) is 0 Å². The first-order valence-electron chi connectivity index (χ1n) is 5.58. The Labute approximate surface area is 82.3 Å². The van der Waals surface area contributed by atoms with Crippen molar-refractivity contribution < 1.29 is 9.84 Å². The molecule has 0 spiro atoms. The van der Waals surface area contributed by atoms with E-state index in [2.05, 4.69) is 13.8 Å². The zero-order chi connectivity index (χ0) is 9.94. The summed E-state index contributed by atoms with van der Waals surface area (Å²) in [6.07, 6.45) is 6.62. The Bertz CT molecular complexity index is 94.1. The number of rotatable bonds is 9. The van der Waals surface area contributed by atoms with Crippen LogP contribution in [0.4, 0.5) is 0 Å². The fourth-order valence-corrected chi connectivity index (χ4v) is 1.21. The summed E-state index contributed by atoms with van der Waals surface area (Å²) in [5.41, 5.74) is 0. The van der Waals surface area contributed by atoms with E-state index < -0.39 is 6.29 Å². The zero-order valence-electron chi connectivity index (χ0n) is 9.05. The SMILES string of the molecule is CCCCCOC([O])CCCCC. The third-order valence-corrected chi connectivity index (χ3v) is 2.10. The lowest BCUT2D eigenvalue weighted by atomic mass is 10.2. The Kier molecular flexibility index (Phi) is 9.94. The largest absolute Gasteiger partial charge is 0.350 e. The van der Waals surface area contributed by atoms with E-state index in [-0.39, 0.29) is 0 Å². The van der Waals surface area contributed by atoms with Gasteiger partial charge in [-0.05, 0) is 12.8 Å². The van der Waals surface area contributed by atoms with Gasteiger partial charge in [0.25, 0.3) is 0 Å². The Morgan fingerprint density at radius 2 is 1.62 bits per heavy atom. The van der Waals surface area contributed by atoms with Gasteiger partial charge < -0.3 is 4.74 Å². The monoisotopic (exact) mass is 187 g/mol. The van der Waals surface area contributed by atoms with Crippen LogP contribution in [0.1, 0.15) is 58.8 Å². The molecule has 1 radical (unpaired) electrons. The molecule has 0 rings (SSSR count). The van der Waals surface area contributed by atoms with Crippen LogP contribution in [0.2, 0.25) is 0 Å². The molecule has 0 saturated heterocycles. The normalized spacial score (nSPS) is 13.2. The first-order chi connectivity index (χ1) is 6.31. The van der Waals surface area contributed by atoms with Crippen molar-refractivity contribution in [2.24, 2.45) is 0 Å². The molecule has 0 aliphatic heterocycles. The number of hydrogen-bond acceptors (Lipinski definition) is 1. The predicted octanol–water partition coefficient (Wildman–Crippen LogP) is 3.53. The van der Waals surface area contributed by atoms with Crippen LogP contribution in [-0.4, -0.2) is 12.9 Å². The van der Waals surface area contributed by atoms with E-state index in [9.17, 15) is 5.11 Å². The highest BCUT2D eigenvalue weighted by Gasteiger charge is 2.04. The second-order valence-electron chi connectivity index (χ2n) is 3.50. The Balaban J connectivity index is 3.05. The third-order valence-electron chi connectivity index (χ3n) is 2.10. The maximum Gasteiger partial charge on any atom is 0.191 e. The molecule has 1 unspecified atom stereocenters. The minimum Gasteiger partial charge on any atom is -0.350 e. The molecule has 2 nitrogen and oxygen atoms in total. The van der Waals surface area contributed by atoms with Crippen LogP contribution < -0.4 is 0 Å². The molecule has 0 fully saturated rings. The van der Waals surface area contributed by atoms with Crippen molar-refractivity contribution >= 4 is 0 Å². The van der Waals surface area contributed by atoms with Crippen LogP contribution in [0.15, 0.2) is 0 Å². The highest BCUT2D eigenvalue weighted by Crippen LogP contribution is 2.06. The molecule has 0 bridgehead atoms. The zero-order valence-corrected chi connectivity index (χ0v) is 9.05. The number of ether oxygens (including phenoxy) is 1. The summed E-state index contributed by atoms with van der Waals surface area (Å²) >= 11 is 0. The fourth-order valence-electron chi connectivity index (χ4n) is 1.21. The molecule has 0 N–H and O–H groups in total. The van der Waals surface area contributed by atoms with Gasteiger partial charge in [-0.3, -0.25) is 0 Å². The van der Waals surface area contributed by atoms with E-state index in [1.54, 1.807) is 0 Å². The van der Waals surface area contributed by atoms with Gasteiger partial charge in [0.05, 0.1) is 0 Å².